The molecule has 0 saturated carbocycles. The highest BCUT2D eigenvalue weighted by Crippen LogP contribution is 2.53. The fourth-order valence-electron chi connectivity index (χ4n) is 10.5. The van der Waals surface area contributed by atoms with Gasteiger partial charge in [-0.1, -0.05) is 119 Å². The van der Waals surface area contributed by atoms with Crippen LogP contribution in [0.4, 0.5) is 0 Å². The van der Waals surface area contributed by atoms with Gasteiger partial charge >= 0.3 is 0 Å². The Hall–Kier alpha value is -5.54. The monoisotopic (exact) mass is 733 g/mol. The maximum absolute atomic E-state index is 2.61. The van der Waals surface area contributed by atoms with E-state index in [2.05, 4.69) is 201 Å². The van der Waals surface area contributed by atoms with Crippen molar-refractivity contribution in [3.63, 3.8) is 0 Å². The Bertz CT molecular complexity index is 2620. The normalized spacial score (nSPS) is 19.6. The van der Waals surface area contributed by atoms with Crippen molar-refractivity contribution in [2.45, 2.75) is 96.9 Å². The number of fused-ring (bicyclic) bond motifs is 5. The van der Waals surface area contributed by atoms with Crippen molar-refractivity contribution in [1.82, 2.24) is 4.57 Å². The summed E-state index contributed by atoms with van der Waals surface area (Å²) in [7, 11) is 0. The number of hydrogen-bond acceptors (Lipinski definition) is 0. The number of benzene rings is 5. The highest BCUT2D eigenvalue weighted by molar-refractivity contribution is 5.87. The lowest BCUT2D eigenvalue weighted by molar-refractivity contribution is -0.765. The van der Waals surface area contributed by atoms with Crippen molar-refractivity contribution in [1.29, 1.82) is 0 Å². The zero-order chi connectivity index (χ0) is 38.6. The van der Waals surface area contributed by atoms with Crippen LogP contribution in [-0.4, -0.2) is 4.57 Å². The Balaban J connectivity index is 1.21. The Morgan fingerprint density at radius 1 is 0.732 bits per heavy atom. The van der Waals surface area contributed by atoms with Gasteiger partial charge in [-0.15, -0.1) is 0 Å². The van der Waals surface area contributed by atoms with Crippen LogP contribution in [-0.2, 0) is 17.4 Å². The second-order valence-electron chi connectivity index (χ2n) is 16.5. The van der Waals surface area contributed by atoms with Gasteiger partial charge in [0, 0.05) is 42.5 Å². The maximum Gasteiger partial charge on any atom is 0.300 e. The first-order valence-electron chi connectivity index (χ1n) is 21.0. The van der Waals surface area contributed by atoms with Crippen LogP contribution in [0.5, 0.6) is 0 Å². The Labute approximate surface area is 333 Å². The third-order valence-corrected chi connectivity index (χ3v) is 13.8. The molecule has 3 atom stereocenters. The molecule has 56 heavy (non-hydrogen) atoms. The van der Waals surface area contributed by atoms with Gasteiger partial charge in [0.2, 0.25) is 5.69 Å². The van der Waals surface area contributed by atoms with E-state index in [0.29, 0.717) is 5.92 Å². The van der Waals surface area contributed by atoms with Crippen LogP contribution < -0.4 is 9.13 Å². The third kappa shape index (κ3) is 5.38. The summed E-state index contributed by atoms with van der Waals surface area (Å²) in [5.74, 6) is 1.52. The van der Waals surface area contributed by atoms with Crippen LogP contribution in [0.2, 0.25) is 0 Å². The molecule has 0 bridgehead atoms. The van der Waals surface area contributed by atoms with Gasteiger partial charge in [-0.3, -0.25) is 0 Å². The molecule has 280 valence electrons. The Morgan fingerprint density at radius 3 is 2.27 bits per heavy atom. The van der Waals surface area contributed by atoms with Crippen molar-refractivity contribution in [3.8, 4) is 39.5 Å². The summed E-state index contributed by atoms with van der Waals surface area (Å²) in [4.78, 5) is 0. The standard InChI is InChI=1S/C53H55N3/c1-7-10-20-39-27-29-40(30-28-39)41-31-32-46-45(36-41)47-24-15-16-35-55(47)52(6,8-2)53(46,9-3)33-18-34-54-49-26-17-23-44-38(5)43-22-13-14-25-48(43)56(50(44)49)51(54)42-21-12-11-19-37(42)4/h11-19,21-32,34-36,38H,7-10,20,33H2,1-6H3/q+2. The van der Waals surface area contributed by atoms with Crippen LogP contribution in [0.15, 0.2) is 140 Å². The van der Waals surface area contributed by atoms with E-state index in [4.69, 9.17) is 0 Å². The summed E-state index contributed by atoms with van der Waals surface area (Å²) in [6.07, 6.45) is 13.8. The summed E-state index contributed by atoms with van der Waals surface area (Å²) in [5, 5.41) is 0. The molecule has 0 N–H and O–H groups in total. The van der Waals surface area contributed by atoms with Crippen molar-refractivity contribution >= 4 is 17.2 Å². The van der Waals surface area contributed by atoms with E-state index >= 15 is 0 Å². The number of imidazole rings is 1. The van der Waals surface area contributed by atoms with Crippen LogP contribution in [0.25, 0.3) is 56.7 Å². The number of allylic oxidation sites excluding steroid dienone is 1. The molecule has 3 nitrogen and oxygen atoms in total. The second kappa shape index (κ2) is 14.2. The smallest absolute Gasteiger partial charge is 0.195 e. The van der Waals surface area contributed by atoms with Crippen molar-refractivity contribution < 1.29 is 9.13 Å². The molecule has 0 aliphatic carbocycles. The molecule has 3 heteroatoms. The molecule has 0 saturated heterocycles. The molecule has 0 spiro atoms. The van der Waals surface area contributed by atoms with Crippen LogP contribution >= 0.6 is 0 Å². The minimum absolute atomic E-state index is 0.139. The average Bonchev–Trinajstić information content (AvgIpc) is 3.57. The van der Waals surface area contributed by atoms with Gasteiger partial charge in [0.05, 0.1) is 22.7 Å². The molecule has 0 radical (unpaired) electrons. The highest BCUT2D eigenvalue weighted by Gasteiger charge is 2.58. The van der Waals surface area contributed by atoms with E-state index in [1.165, 1.54) is 91.2 Å². The van der Waals surface area contributed by atoms with E-state index in [0.717, 1.165) is 25.7 Å². The fourth-order valence-corrected chi connectivity index (χ4v) is 10.5. The summed E-state index contributed by atoms with van der Waals surface area (Å²) in [6.45, 7) is 14.2. The molecule has 0 amide bonds. The zero-order valence-electron chi connectivity index (χ0n) is 34.0. The molecule has 4 heterocycles. The number of para-hydroxylation sites is 2. The largest absolute Gasteiger partial charge is 0.300 e. The Kier molecular flexibility index (Phi) is 9.15. The molecule has 2 aliphatic heterocycles. The molecule has 9 rings (SSSR count). The lowest BCUT2D eigenvalue weighted by atomic mass is 9.58. The van der Waals surface area contributed by atoms with Crippen molar-refractivity contribution in [2.24, 2.45) is 0 Å². The molecular weight excluding hydrogens is 679 g/mol. The van der Waals surface area contributed by atoms with Gasteiger partial charge in [-0.2, -0.15) is 13.7 Å². The van der Waals surface area contributed by atoms with Crippen LogP contribution in [0.3, 0.4) is 0 Å². The molecule has 5 aromatic carbocycles. The second-order valence-corrected chi connectivity index (χ2v) is 16.5. The molecular formula is C53H55N3+2. The summed E-state index contributed by atoms with van der Waals surface area (Å²) < 4.78 is 7.63. The predicted octanol–water partition coefficient (Wildman–Crippen LogP) is 12.7. The number of aromatic nitrogens is 3. The average molecular weight is 734 g/mol. The molecule has 0 fully saturated rings. The first-order valence-corrected chi connectivity index (χ1v) is 21.0. The quantitative estimate of drug-likeness (QED) is 0.124. The van der Waals surface area contributed by atoms with Gasteiger partial charge in [-0.05, 0) is 96.8 Å². The zero-order valence-corrected chi connectivity index (χ0v) is 34.0. The lowest BCUT2D eigenvalue weighted by Crippen LogP contribution is -2.68. The number of rotatable bonds is 10. The fraction of sp³-hybridized carbons (Fsp3) is 0.283. The first-order chi connectivity index (χ1) is 27.3. The van der Waals surface area contributed by atoms with Gasteiger partial charge in [0.1, 0.15) is 5.69 Å². The van der Waals surface area contributed by atoms with E-state index in [9.17, 15) is 0 Å². The topological polar surface area (TPSA) is 12.7 Å². The maximum atomic E-state index is 2.61. The van der Waals surface area contributed by atoms with Crippen LogP contribution in [0.1, 0.15) is 100 Å². The minimum atomic E-state index is -0.142. The highest BCUT2D eigenvalue weighted by atomic mass is 15.2. The first kappa shape index (κ1) is 36.1. The van der Waals surface area contributed by atoms with Gasteiger partial charge in [0.15, 0.2) is 22.8 Å². The predicted molar refractivity (Wildman–Crippen MR) is 233 cm³/mol. The van der Waals surface area contributed by atoms with E-state index in [1.807, 2.05) is 0 Å². The van der Waals surface area contributed by atoms with Gasteiger partial charge in [0.25, 0.3) is 5.82 Å². The number of unbranched alkanes of at least 4 members (excludes halogenated alkanes) is 1. The van der Waals surface area contributed by atoms with E-state index in [1.54, 1.807) is 0 Å². The van der Waals surface area contributed by atoms with Crippen molar-refractivity contribution in [2.75, 3.05) is 0 Å². The summed E-state index contributed by atoms with van der Waals surface area (Å²) in [5.41, 5.74) is 16.9. The summed E-state index contributed by atoms with van der Waals surface area (Å²) in [6, 6.07) is 48.1. The number of aryl methyl sites for hydroxylation is 2. The SMILES string of the molecule is CCCCc1ccc(-c2ccc3c(c2)-c2cccc[n+]2C(C)(CC)C3(CC)CC=C[n+]2c(-c3ccccc3C)n3c4c(cccc42)C(C)c2ccccc2-3)cc1. The summed E-state index contributed by atoms with van der Waals surface area (Å²) >= 11 is 0. The lowest BCUT2D eigenvalue weighted by Gasteiger charge is -2.48. The van der Waals surface area contributed by atoms with Gasteiger partial charge < -0.3 is 0 Å². The van der Waals surface area contributed by atoms with E-state index < -0.39 is 0 Å². The molecule has 3 unspecified atom stereocenters. The number of pyridine rings is 1. The van der Waals surface area contributed by atoms with Crippen molar-refractivity contribution in [3.05, 3.63) is 167 Å². The third-order valence-electron chi connectivity index (χ3n) is 13.8. The molecule has 2 aromatic heterocycles. The van der Waals surface area contributed by atoms with E-state index in [-0.39, 0.29) is 11.0 Å². The van der Waals surface area contributed by atoms with Crippen LogP contribution in [0, 0.1) is 6.92 Å². The minimum Gasteiger partial charge on any atom is -0.195 e. The Morgan fingerprint density at radius 2 is 1.48 bits per heavy atom. The molecule has 7 aromatic rings. The number of hydrogen-bond donors (Lipinski definition) is 0. The van der Waals surface area contributed by atoms with Gasteiger partial charge in [-0.25, -0.2) is 0 Å². The molecule has 2 aliphatic rings. The number of nitrogens with zero attached hydrogens (tertiary/aromatic N) is 3.